The van der Waals surface area contributed by atoms with Gasteiger partial charge in [0.15, 0.2) is 0 Å². The van der Waals surface area contributed by atoms with Gasteiger partial charge >= 0.3 is 0 Å². The third-order valence-electron chi connectivity index (χ3n) is 22.3. The lowest BCUT2D eigenvalue weighted by atomic mass is 9.83. The Morgan fingerprint density at radius 1 is 0.120 bits per heavy atom. The number of hydrogen-bond acceptors (Lipinski definition) is 0. The van der Waals surface area contributed by atoms with Crippen LogP contribution >= 0.6 is 0 Å². The first-order chi connectivity index (χ1) is 45.6. The van der Waals surface area contributed by atoms with Crippen molar-refractivity contribution >= 4 is 21.5 Å². The molecular formula is C92H58. The van der Waals surface area contributed by atoms with Crippen molar-refractivity contribution < 1.29 is 0 Å². The standard InChI is InChI=1S/C92H58/c1-3-19-59-45-61(43-33-53(59)17-1)91-73-31-15-9-25-67(73)79-49-83-77(51-85(79)91)65-23-7-13-29-71(65)89(83)57-39-35-55(36-40-57)87-69-27-11-5-21-63(69)75-48-82-76(47-81(75)87)64-22-6-12-28-70(64)88(82)56-37-41-58(42-38-56)90-72-30-14-8-24-66(72)78-52-86-80(50-84(78)90)68-26-10-16-32-74(68)92(86)62-44-34-54-18-2-4-20-60(54)46-62/h1-52,87-92H. The molecule has 6 aliphatic rings. The SMILES string of the molecule is c1ccc2c(c1)-c1cc3c(cc1C2c1ccc(C2c4ccccc4-c4cc5c(cc42)-c2ccccc2C5c2ccc4ccccc4c2)cc1)-c1ccccc1C3c1ccc(C2c3ccccc3-c3cc4c(cc32)-c2ccccc2C4c2ccc3ccccc3c2)cc1. The molecule has 0 aromatic heterocycles. The molecule has 0 fully saturated rings. The molecule has 0 nitrogen and oxygen atoms in total. The Hall–Kier alpha value is -11.2. The summed E-state index contributed by atoms with van der Waals surface area (Å²) in [5.41, 5.74) is 41.0. The van der Waals surface area contributed by atoms with Gasteiger partial charge in [-0.2, -0.15) is 0 Å². The van der Waals surface area contributed by atoms with E-state index in [1.165, 1.54) is 188 Å². The highest BCUT2D eigenvalue weighted by atomic mass is 14.4. The molecule has 0 N–H and O–H groups in total. The van der Waals surface area contributed by atoms with E-state index in [4.69, 9.17) is 0 Å². The molecule has 6 aliphatic carbocycles. The van der Waals surface area contributed by atoms with Crippen LogP contribution in [0, 0.1) is 0 Å². The summed E-state index contributed by atoms with van der Waals surface area (Å²) in [5.74, 6) is 0.810. The van der Waals surface area contributed by atoms with E-state index in [2.05, 4.69) is 315 Å². The van der Waals surface area contributed by atoms with E-state index in [9.17, 15) is 0 Å². The van der Waals surface area contributed by atoms with E-state index in [1.54, 1.807) is 0 Å². The lowest BCUT2D eigenvalue weighted by Gasteiger charge is -2.20. The smallest absolute Gasteiger partial charge is 0.0352 e. The molecule has 92 heavy (non-hydrogen) atoms. The van der Waals surface area contributed by atoms with Gasteiger partial charge < -0.3 is 0 Å². The topological polar surface area (TPSA) is 0 Å². The maximum atomic E-state index is 2.58. The van der Waals surface area contributed by atoms with Crippen LogP contribution in [0.3, 0.4) is 0 Å². The summed E-state index contributed by atoms with van der Waals surface area (Å²) in [6, 6.07) is 122. The van der Waals surface area contributed by atoms with Gasteiger partial charge in [0.2, 0.25) is 0 Å². The van der Waals surface area contributed by atoms with Crippen molar-refractivity contribution in [2.24, 2.45) is 0 Å². The number of rotatable bonds is 6. The van der Waals surface area contributed by atoms with Gasteiger partial charge in [-0.25, -0.2) is 0 Å². The van der Waals surface area contributed by atoms with Gasteiger partial charge in [-0.1, -0.05) is 279 Å². The molecule has 0 spiro atoms. The summed E-state index contributed by atoms with van der Waals surface area (Å²) in [6.07, 6.45) is 0. The molecule has 6 unspecified atom stereocenters. The highest BCUT2D eigenvalue weighted by molar-refractivity contribution is 5.95. The largest absolute Gasteiger partial charge is 0.0619 e. The zero-order valence-electron chi connectivity index (χ0n) is 50.5. The van der Waals surface area contributed by atoms with Crippen LogP contribution in [0.2, 0.25) is 0 Å². The first-order valence-corrected chi connectivity index (χ1v) is 32.9. The second-order valence-electron chi connectivity index (χ2n) is 26.7. The fraction of sp³-hybridized carbons (Fsp3) is 0.0652. The molecule has 0 aliphatic heterocycles. The van der Waals surface area contributed by atoms with Gasteiger partial charge in [0.25, 0.3) is 0 Å². The molecule has 0 saturated carbocycles. The van der Waals surface area contributed by atoms with Gasteiger partial charge in [-0.15, -0.1) is 0 Å². The van der Waals surface area contributed by atoms with Crippen molar-refractivity contribution in [1.29, 1.82) is 0 Å². The minimum absolute atomic E-state index is 0.109. The highest BCUT2D eigenvalue weighted by Gasteiger charge is 2.41. The fourth-order valence-electron chi connectivity index (χ4n) is 18.4. The normalized spacial score (nSPS) is 18.2. The van der Waals surface area contributed by atoms with Crippen LogP contribution in [-0.4, -0.2) is 0 Å². The van der Waals surface area contributed by atoms with Crippen LogP contribution in [0.4, 0.5) is 0 Å². The highest BCUT2D eigenvalue weighted by Crippen LogP contribution is 2.60. The molecule has 15 aromatic rings. The number of hydrogen-bond donors (Lipinski definition) is 0. The molecular weight excluding hydrogens is 1110 g/mol. The summed E-state index contributed by atoms with van der Waals surface area (Å²) in [4.78, 5) is 0. The first-order valence-electron chi connectivity index (χ1n) is 32.9. The fourth-order valence-corrected chi connectivity index (χ4v) is 18.4. The molecule has 0 heterocycles. The van der Waals surface area contributed by atoms with Crippen LogP contribution in [0.1, 0.15) is 136 Å². The molecule has 426 valence electrons. The average Bonchev–Trinajstić information content (AvgIpc) is 1.57. The quantitative estimate of drug-likeness (QED) is 0.156. The monoisotopic (exact) mass is 1160 g/mol. The maximum Gasteiger partial charge on any atom is 0.0352 e. The Morgan fingerprint density at radius 2 is 0.304 bits per heavy atom. The van der Waals surface area contributed by atoms with Crippen molar-refractivity contribution in [1.82, 2.24) is 0 Å². The van der Waals surface area contributed by atoms with Gasteiger partial charge in [0.1, 0.15) is 0 Å². The molecule has 0 heteroatoms. The predicted molar refractivity (Wildman–Crippen MR) is 378 cm³/mol. The van der Waals surface area contributed by atoms with Crippen molar-refractivity contribution in [3.63, 3.8) is 0 Å². The van der Waals surface area contributed by atoms with E-state index in [-0.39, 0.29) is 35.5 Å². The molecule has 0 amide bonds. The minimum atomic E-state index is 0.109. The van der Waals surface area contributed by atoms with E-state index >= 15 is 0 Å². The van der Waals surface area contributed by atoms with E-state index in [0.717, 1.165) is 0 Å². The zero-order chi connectivity index (χ0) is 59.9. The average molecular weight is 1160 g/mol. The summed E-state index contributed by atoms with van der Waals surface area (Å²) < 4.78 is 0. The Kier molecular flexibility index (Phi) is 10.6. The van der Waals surface area contributed by atoms with Crippen LogP contribution < -0.4 is 0 Å². The summed E-state index contributed by atoms with van der Waals surface area (Å²) in [5, 5.41) is 5.14. The minimum Gasteiger partial charge on any atom is -0.0619 e. The third kappa shape index (κ3) is 7.13. The van der Waals surface area contributed by atoms with Gasteiger partial charge in [0.05, 0.1) is 0 Å². The van der Waals surface area contributed by atoms with Crippen LogP contribution in [0.15, 0.2) is 315 Å². The zero-order valence-corrected chi connectivity index (χ0v) is 50.5. The Labute approximate surface area is 536 Å². The van der Waals surface area contributed by atoms with Crippen molar-refractivity contribution in [3.05, 3.63) is 416 Å². The van der Waals surface area contributed by atoms with Crippen LogP contribution in [-0.2, 0) is 0 Å². The molecule has 6 atom stereocenters. The first kappa shape index (κ1) is 50.7. The van der Waals surface area contributed by atoms with Gasteiger partial charge in [0, 0.05) is 35.5 Å². The Bertz CT molecular complexity index is 5320. The van der Waals surface area contributed by atoms with Crippen molar-refractivity contribution in [3.8, 4) is 66.8 Å². The van der Waals surface area contributed by atoms with Crippen molar-refractivity contribution in [2.45, 2.75) is 35.5 Å². The number of fused-ring (bicyclic) bond motifs is 20. The van der Waals surface area contributed by atoms with Crippen LogP contribution in [0.25, 0.3) is 88.3 Å². The molecule has 0 radical (unpaired) electrons. The third-order valence-corrected chi connectivity index (χ3v) is 22.3. The summed E-state index contributed by atoms with van der Waals surface area (Å²) >= 11 is 0. The lowest BCUT2D eigenvalue weighted by Crippen LogP contribution is -2.04. The second kappa shape index (κ2) is 19.2. The summed E-state index contributed by atoms with van der Waals surface area (Å²) in [6.45, 7) is 0. The Balaban J connectivity index is 0.631. The second-order valence-corrected chi connectivity index (χ2v) is 26.7. The molecule has 15 aromatic carbocycles. The van der Waals surface area contributed by atoms with Gasteiger partial charge in [-0.3, -0.25) is 0 Å². The maximum absolute atomic E-state index is 2.58. The molecule has 21 rings (SSSR count). The molecule has 0 saturated heterocycles. The van der Waals surface area contributed by atoms with Crippen LogP contribution in [0.5, 0.6) is 0 Å². The van der Waals surface area contributed by atoms with Crippen molar-refractivity contribution in [2.75, 3.05) is 0 Å². The lowest BCUT2D eigenvalue weighted by molar-refractivity contribution is 0.976. The van der Waals surface area contributed by atoms with E-state index in [0.29, 0.717) is 0 Å². The number of benzene rings is 15. The van der Waals surface area contributed by atoms with E-state index < -0.39 is 0 Å². The Morgan fingerprint density at radius 3 is 0.543 bits per heavy atom. The van der Waals surface area contributed by atoms with E-state index in [1.807, 2.05) is 0 Å². The predicted octanol–water partition coefficient (Wildman–Crippen LogP) is 23.0. The molecule has 0 bridgehead atoms. The summed E-state index contributed by atoms with van der Waals surface area (Å²) in [7, 11) is 0. The van der Waals surface area contributed by atoms with Gasteiger partial charge in [-0.05, 0) is 225 Å².